The van der Waals surface area contributed by atoms with Crippen molar-refractivity contribution in [1.82, 2.24) is 0 Å². The summed E-state index contributed by atoms with van der Waals surface area (Å²) in [6, 6.07) is 0. The summed E-state index contributed by atoms with van der Waals surface area (Å²) >= 11 is 0. The Morgan fingerprint density at radius 2 is 1.18 bits per heavy atom. The van der Waals surface area contributed by atoms with E-state index in [1.165, 1.54) is 0 Å². The molecule has 0 amide bonds. The largest absolute Gasteiger partial charge is 0.481 e. The average Bonchev–Trinajstić information content (AvgIpc) is 2.82. The summed E-state index contributed by atoms with van der Waals surface area (Å²) in [5.74, 6) is -0.776. The second-order valence-corrected chi connectivity index (χ2v) is 14.4. The summed E-state index contributed by atoms with van der Waals surface area (Å²) in [6.45, 7) is 16.4. The normalized spacial score (nSPS) is 23.3. The molecule has 5 nitrogen and oxygen atoms in total. The van der Waals surface area contributed by atoms with E-state index in [0.29, 0.717) is 6.42 Å². The minimum atomic E-state index is -0.776. The Balaban J connectivity index is 2.07. The highest BCUT2D eigenvalue weighted by Gasteiger charge is 2.29. The fraction of sp³-hybridized carbons (Fsp3) is 0.676. The first-order chi connectivity index (χ1) is 17.9. The smallest absolute Gasteiger partial charge is 0.309 e. The quantitative estimate of drug-likeness (QED) is 0.136. The highest BCUT2D eigenvalue weighted by Crippen LogP contribution is 2.38. The number of rotatable bonds is 14. The second-order valence-electron chi connectivity index (χ2n) is 14.4. The SMILES string of the molecule is CC1(C)C=C(C=CC2=CC(C)(C)C=C(CCCCC(C)(C)C(=O)O)C2O)C(O)C(CCCCC(C)(C)CO)=C1. The molecule has 2 aliphatic carbocycles. The van der Waals surface area contributed by atoms with Crippen LogP contribution in [0.3, 0.4) is 0 Å². The highest BCUT2D eigenvalue weighted by molar-refractivity contribution is 5.73. The minimum absolute atomic E-state index is 0.0721. The molecule has 39 heavy (non-hydrogen) atoms. The van der Waals surface area contributed by atoms with Gasteiger partial charge in [-0.2, -0.15) is 0 Å². The van der Waals surface area contributed by atoms with Gasteiger partial charge in [-0.3, -0.25) is 4.79 Å². The summed E-state index contributed by atoms with van der Waals surface area (Å²) in [4.78, 5) is 11.4. The molecule has 2 rings (SSSR count). The molecule has 0 aromatic rings. The van der Waals surface area contributed by atoms with Crippen LogP contribution in [0.25, 0.3) is 0 Å². The van der Waals surface area contributed by atoms with E-state index in [0.717, 1.165) is 67.2 Å². The van der Waals surface area contributed by atoms with Crippen LogP contribution in [0, 0.1) is 21.7 Å². The molecule has 0 radical (unpaired) electrons. The van der Waals surface area contributed by atoms with Crippen LogP contribution in [0.5, 0.6) is 0 Å². The van der Waals surface area contributed by atoms with Crippen LogP contribution in [-0.4, -0.2) is 45.2 Å². The number of carboxylic acids is 1. The lowest BCUT2D eigenvalue weighted by molar-refractivity contribution is -0.147. The van der Waals surface area contributed by atoms with Gasteiger partial charge in [-0.25, -0.2) is 0 Å². The van der Waals surface area contributed by atoms with Gasteiger partial charge in [-0.15, -0.1) is 0 Å². The van der Waals surface area contributed by atoms with E-state index in [-0.39, 0.29) is 22.9 Å². The monoisotopic (exact) mass is 542 g/mol. The molecule has 2 unspecified atom stereocenters. The van der Waals surface area contributed by atoms with Crippen molar-refractivity contribution in [1.29, 1.82) is 0 Å². The van der Waals surface area contributed by atoms with Gasteiger partial charge in [-0.1, -0.05) is 90.8 Å². The van der Waals surface area contributed by atoms with E-state index in [4.69, 9.17) is 0 Å². The summed E-state index contributed by atoms with van der Waals surface area (Å²) in [5.41, 5.74) is 2.50. The van der Waals surface area contributed by atoms with E-state index < -0.39 is 23.6 Å². The van der Waals surface area contributed by atoms with Gasteiger partial charge in [0.2, 0.25) is 0 Å². The highest BCUT2D eigenvalue weighted by atomic mass is 16.4. The zero-order valence-corrected chi connectivity index (χ0v) is 25.7. The first kappa shape index (κ1) is 33.3. The van der Waals surface area contributed by atoms with Gasteiger partial charge in [0.15, 0.2) is 0 Å². The molecule has 4 N–H and O–H groups in total. The lowest BCUT2D eigenvalue weighted by Crippen LogP contribution is -2.25. The molecule has 0 fully saturated rings. The maximum absolute atomic E-state index is 11.4. The maximum Gasteiger partial charge on any atom is 0.309 e. The Kier molecular flexibility index (Phi) is 11.2. The van der Waals surface area contributed by atoms with E-state index in [1.54, 1.807) is 13.8 Å². The molecule has 0 heterocycles. The number of aliphatic hydroxyl groups is 3. The summed E-state index contributed by atoms with van der Waals surface area (Å²) in [6.07, 6.45) is 17.7. The lowest BCUT2D eigenvalue weighted by atomic mass is 9.77. The average molecular weight is 543 g/mol. The molecule has 0 aliphatic heterocycles. The lowest BCUT2D eigenvalue weighted by Gasteiger charge is -2.31. The Morgan fingerprint density at radius 1 is 0.769 bits per heavy atom. The van der Waals surface area contributed by atoms with Crippen LogP contribution in [0.2, 0.25) is 0 Å². The van der Waals surface area contributed by atoms with E-state index in [1.807, 2.05) is 12.2 Å². The number of aliphatic hydroxyl groups excluding tert-OH is 3. The number of unbranched alkanes of at least 4 members (excludes halogenated alkanes) is 2. The molecule has 0 aromatic heterocycles. The predicted molar refractivity (Wildman–Crippen MR) is 160 cm³/mol. The zero-order chi connectivity index (χ0) is 29.6. The standard InChI is InChI=1S/C34H54O5/c1-31(2,23-35)17-11-9-13-24-19-32(3,4)21-26(28(24)36)15-16-27-22-33(5,6)20-25(29(27)37)14-10-12-18-34(7,8)30(38)39/h15-16,19-22,28-29,35-37H,9-14,17-18,23H2,1-8H3,(H,38,39). The third-order valence-electron chi connectivity index (χ3n) is 8.09. The number of carbonyl (C=O) groups is 1. The number of allylic oxidation sites excluding steroid dienone is 4. The van der Waals surface area contributed by atoms with Gasteiger partial charge in [0, 0.05) is 17.4 Å². The van der Waals surface area contributed by atoms with Crippen LogP contribution >= 0.6 is 0 Å². The van der Waals surface area contributed by atoms with Crippen LogP contribution in [0.15, 0.2) is 58.7 Å². The molecule has 2 atom stereocenters. The molecular weight excluding hydrogens is 488 g/mol. The van der Waals surface area contributed by atoms with Crippen molar-refractivity contribution in [2.45, 2.75) is 119 Å². The van der Waals surface area contributed by atoms with Crippen LogP contribution < -0.4 is 0 Å². The molecule has 2 aliphatic rings. The first-order valence-electron chi connectivity index (χ1n) is 14.7. The maximum atomic E-state index is 11.4. The summed E-state index contributed by atoms with van der Waals surface area (Å²) in [5, 5.41) is 41.3. The summed E-state index contributed by atoms with van der Waals surface area (Å²) in [7, 11) is 0. The molecule has 0 aromatic carbocycles. The Hall–Kier alpha value is -1.95. The van der Waals surface area contributed by atoms with Crippen molar-refractivity contribution in [3.05, 3.63) is 58.7 Å². The topological polar surface area (TPSA) is 98.0 Å². The van der Waals surface area contributed by atoms with Crippen LogP contribution in [-0.2, 0) is 4.79 Å². The van der Waals surface area contributed by atoms with E-state index in [2.05, 4.69) is 65.8 Å². The van der Waals surface area contributed by atoms with Crippen molar-refractivity contribution >= 4 is 5.97 Å². The third kappa shape index (κ3) is 10.2. The molecule has 5 heteroatoms. The van der Waals surface area contributed by atoms with Gasteiger partial charge < -0.3 is 20.4 Å². The van der Waals surface area contributed by atoms with E-state index >= 15 is 0 Å². The molecule has 0 saturated carbocycles. The number of aliphatic carboxylic acids is 1. The van der Waals surface area contributed by atoms with Crippen molar-refractivity contribution in [2.24, 2.45) is 21.7 Å². The number of hydrogen-bond donors (Lipinski definition) is 4. The Bertz CT molecular complexity index is 1020. The van der Waals surface area contributed by atoms with Gasteiger partial charge in [0.05, 0.1) is 17.6 Å². The first-order valence-corrected chi connectivity index (χ1v) is 14.7. The van der Waals surface area contributed by atoms with Crippen LogP contribution in [0.4, 0.5) is 0 Å². The number of carboxylic acid groups (broad SMARTS) is 1. The summed E-state index contributed by atoms with van der Waals surface area (Å²) < 4.78 is 0. The Morgan fingerprint density at radius 3 is 1.56 bits per heavy atom. The van der Waals surface area contributed by atoms with Gasteiger partial charge in [0.1, 0.15) is 0 Å². The molecule has 0 spiro atoms. The van der Waals surface area contributed by atoms with E-state index in [9.17, 15) is 25.2 Å². The number of hydrogen-bond acceptors (Lipinski definition) is 4. The minimum Gasteiger partial charge on any atom is -0.481 e. The van der Waals surface area contributed by atoms with Crippen LogP contribution in [0.1, 0.15) is 107 Å². The molecule has 220 valence electrons. The molecule has 0 bridgehead atoms. The zero-order valence-electron chi connectivity index (χ0n) is 25.7. The van der Waals surface area contributed by atoms with Gasteiger partial charge in [-0.05, 0) is 80.1 Å². The Labute approximate surface area is 237 Å². The molecular formula is C34H54O5. The fourth-order valence-electron chi connectivity index (χ4n) is 5.55. The fourth-order valence-corrected chi connectivity index (χ4v) is 5.55. The van der Waals surface area contributed by atoms with Crippen molar-refractivity contribution < 1.29 is 25.2 Å². The van der Waals surface area contributed by atoms with Crippen molar-refractivity contribution in [2.75, 3.05) is 6.61 Å². The van der Waals surface area contributed by atoms with Crippen molar-refractivity contribution in [3.63, 3.8) is 0 Å². The second kappa shape index (κ2) is 13.1. The van der Waals surface area contributed by atoms with Gasteiger partial charge in [0.25, 0.3) is 0 Å². The van der Waals surface area contributed by atoms with Gasteiger partial charge >= 0.3 is 5.97 Å². The molecule has 0 saturated heterocycles. The predicted octanol–water partition coefficient (Wildman–Crippen LogP) is 7.30. The van der Waals surface area contributed by atoms with Crippen molar-refractivity contribution in [3.8, 4) is 0 Å². The third-order valence-corrected chi connectivity index (χ3v) is 8.09.